The van der Waals surface area contributed by atoms with Crippen molar-refractivity contribution in [2.24, 2.45) is 0 Å². The lowest BCUT2D eigenvalue weighted by molar-refractivity contribution is 0.216. The molecule has 2 aromatic rings. The first-order valence-electron chi connectivity index (χ1n) is 7.17. The maximum Gasteiger partial charge on any atom is 0.213 e. The topological polar surface area (TPSA) is 29.7 Å². The van der Waals surface area contributed by atoms with Crippen LogP contribution in [0.1, 0.15) is 12.0 Å². The summed E-state index contributed by atoms with van der Waals surface area (Å²) >= 11 is 6.28. The van der Waals surface area contributed by atoms with Gasteiger partial charge in [0.15, 0.2) is 0 Å². The fraction of sp³-hybridized carbons (Fsp3) is 0.294. The van der Waals surface area contributed by atoms with E-state index in [-0.39, 0.29) is 6.10 Å². The first-order valence-corrected chi connectivity index (χ1v) is 7.55. The molecule has 0 saturated carbocycles. The minimum Gasteiger partial charge on any atom is -0.472 e. The summed E-state index contributed by atoms with van der Waals surface area (Å²) in [5, 5.41) is 0.614. The van der Waals surface area contributed by atoms with Gasteiger partial charge in [-0.2, -0.15) is 0 Å². The molecule has 1 aromatic carbocycles. The fourth-order valence-corrected chi connectivity index (χ4v) is 2.92. The predicted octanol–water partition coefficient (Wildman–Crippen LogP) is 4.25. The molecular formula is C17H16ClN3O. The van der Waals surface area contributed by atoms with Gasteiger partial charge in [0.05, 0.1) is 23.8 Å². The van der Waals surface area contributed by atoms with E-state index in [1.807, 2.05) is 25.1 Å². The number of rotatable bonds is 3. The summed E-state index contributed by atoms with van der Waals surface area (Å²) in [6.45, 7) is 10.8. The summed E-state index contributed by atoms with van der Waals surface area (Å²) in [7, 11) is 0. The number of anilines is 1. The molecule has 1 aliphatic heterocycles. The first-order chi connectivity index (χ1) is 10.7. The highest BCUT2D eigenvalue weighted by Crippen LogP contribution is 2.38. The van der Waals surface area contributed by atoms with E-state index in [0.29, 0.717) is 23.1 Å². The summed E-state index contributed by atoms with van der Waals surface area (Å²) < 4.78 is 5.92. The molecule has 0 spiro atoms. The average molecular weight is 314 g/mol. The third-order valence-corrected chi connectivity index (χ3v) is 4.02. The van der Waals surface area contributed by atoms with Gasteiger partial charge in [-0.15, -0.1) is 0 Å². The SMILES string of the molecule is [C-]#[N+]c1cccc(Cl)c1N1CC[C@@H](Oc2ccc(C)cn2)C1. The van der Waals surface area contributed by atoms with E-state index in [2.05, 4.69) is 14.7 Å². The van der Waals surface area contributed by atoms with Gasteiger partial charge in [0.25, 0.3) is 0 Å². The molecule has 0 unspecified atom stereocenters. The average Bonchev–Trinajstić information content (AvgIpc) is 2.97. The van der Waals surface area contributed by atoms with Gasteiger partial charge in [-0.25, -0.2) is 9.83 Å². The van der Waals surface area contributed by atoms with Crippen molar-refractivity contribution in [2.75, 3.05) is 18.0 Å². The number of hydrogen-bond acceptors (Lipinski definition) is 3. The van der Waals surface area contributed by atoms with Crippen LogP contribution in [-0.2, 0) is 0 Å². The molecule has 0 radical (unpaired) electrons. The summed E-state index contributed by atoms with van der Waals surface area (Å²) in [6.07, 6.45) is 2.75. The normalized spacial score (nSPS) is 17.3. The monoisotopic (exact) mass is 313 g/mol. The molecule has 0 amide bonds. The summed E-state index contributed by atoms with van der Waals surface area (Å²) in [6, 6.07) is 9.29. The van der Waals surface area contributed by atoms with Crippen LogP contribution in [0.3, 0.4) is 0 Å². The van der Waals surface area contributed by atoms with Gasteiger partial charge in [0.1, 0.15) is 6.10 Å². The van der Waals surface area contributed by atoms with Crippen molar-refractivity contribution in [3.05, 3.63) is 58.5 Å². The zero-order valence-corrected chi connectivity index (χ0v) is 13.0. The van der Waals surface area contributed by atoms with Gasteiger partial charge >= 0.3 is 0 Å². The number of nitrogens with zero attached hydrogens (tertiary/aromatic N) is 3. The van der Waals surface area contributed by atoms with Crippen molar-refractivity contribution < 1.29 is 4.74 Å². The minimum absolute atomic E-state index is 0.0602. The van der Waals surface area contributed by atoms with E-state index < -0.39 is 0 Å². The number of aromatic nitrogens is 1. The van der Waals surface area contributed by atoms with Crippen molar-refractivity contribution >= 4 is 23.0 Å². The molecule has 1 saturated heterocycles. The molecular weight excluding hydrogens is 298 g/mol. The number of benzene rings is 1. The summed E-state index contributed by atoms with van der Waals surface area (Å²) in [5.41, 5.74) is 2.50. The molecule has 112 valence electrons. The van der Waals surface area contributed by atoms with Crippen molar-refractivity contribution in [1.29, 1.82) is 0 Å². The van der Waals surface area contributed by atoms with E-state index in [9.17, 15) is 0 Å². The molecule has 3 rings (SSSR count). The van der Waals surface area contributed by atoms with Gasteiger partial charge in [-0.1, -0.05) is 29.8 Å². The second kappa shape index (κ2) is 6.25. The molecule has 0 aliphatic carbocycles. The number of aryl methyl sites for hydroxylation is 1. The molecule has 22 heavy (non-hydrogen) atoms. The Morgan fingerprint density at radius 2 is 2.23 bits per heavy atom. The van der Waals surface area contributed by atoms with Gasteiger partial charge in [-0.05, 0) is 18.6 Å². The highest BCUT2D eigenvalue weighted by Gasteiger charge is 2.27. The van der Waals surface area contributed by atoms with Crippen LogP contribution >= 0.6 is 11.6 Å². The molecule has 0 N–H and O–H groups in total. The first kappa shape index (κ1) is 14.7. The van der Waals surface area contributed by atoms with Crippen molar-refractivity contribution in [2.45, 2.75) is 19.4 Å². The van der Waals surface area contributed by atoms with Gasteiger partial charge < -0.3 is 9.64 Å². The quantitative estimate of drug-likeness (QED) is 0.793. The van der Waals surface area contributed by atoms with E-state index in [4.69, 9.17) is 22.9 Å². The number of para-hydroxylation sites is 1. The summed E-state index contributed by atoms with van der Waals surface area (Å²) in [5.74, 6) is 0.641. The van der Waals surface area contributed by atoms with Crippen molar-refractivity contribution in [3.63, 3.8) is 0 Å². The molecule has 1 aromatic heterocycles. The fourth-order valence-electron chi connectivity index (χ4n) is 2.63. The van der Waals surface area contributed by atoms with Gasteiger partial charge in [-0.3, -0.25) is 0 Å². The number of pyridine rings is 1. The Labute approximate surface area is 135 Å². The lowest BCUT2D eigenvalue weighted by atomic mass is 10.2. The van der Waals surface area contributed by atoms with Crippen LogP contribution in [-0.4, -0.2) is 24.2 Å². The van der Waals surface area contributed by atoms with E-state index in [1.54, 1.807) is 18.3 Å². The van der Waals surface area contributed by atoms with Crippen LogP contribution < -0.4 is 9.64 Å². The minimum atomic E-state index is 0.0602. The Morgan fingerprint density at radius 3 is 2.95 bits per heavy atom. The molecule has 5 heteroatoms. The van der Waals surface area contributed by atoms with Crippen LogP contribution in [0.25, 0.3) is 4.85 Å². The number of hydrogen-bond donors (Lipinski definition) is 0. The van der Waals surface area contributed by atoms with Crippen molar-refractivity contribution in [3.8, 4) is 5.88 Å². The molecule has 4 nitrogen and oxygen atoms in total. The lowest BCUT2D eigenvalue weighted by Gasteiger charge is -2.21. The zero-order valence-electron chi connectivity index (χ0n) is 12.3. The molecule has 1 atom stereocenters. The van der Waals surface area contributed by atoms with Crippen LogP contribution in [0.5, 0.6) is 5.88 Å². The number of ether oxygens (including phenoxy) is 1. The lowest BCUT2D eigenvalue weighted by Crippen LogP contribution is -2.25. The van der Waals surface area contributed by atoms with Crippen LogP contribution in [0.2, 0.25) is 5.02 Å². The Kier molecular flexibility index (Phi) is 4.17. The molecule has 1 fully saturated rings. The summed E-state index contributed by atoms with van der Waals surface area (Å²) in [4.78, 5) is 9.96. The maximum absolute atomic E-state index is 7.29. The maximum atomic E-state index is 7.29. The molecule has 1 aliphatic rings. The zero-order chi connectivity index (χ0) is 15.5. The Morgan fingerprint density at radius 1 is 1.36 bits per heavy atom. The predicted molar refractivity (Wildman–Crippen MR) is 87.9 cm³/mol. The van der Waals surface area contributed by atoms with E-state index in [1.165, 1.54) is 0 Å². The second-order valence-electron chi connectivity index (χ2n) is 5.37. The van der Waals surface area contributed by atoms with Crippen molar-refractivity contribution in [1.82, 2.24) is 4.98 Å². The largest absolute Gasteiger partial charge is 0.472 e. The Bertz CT molecular complexity index is 709. The van der Waals surface area contributed by atoms with Gasteiger partial charge in [0.2, 0.25) is 11.6 Å². The second-order valence-corrected chi connectivity index (χ2v) is 5.77. The van der Waals surface area contributed by atoms with E-state index in [0.717, 1.165) is 24.2 Å². The molecule has 0 bridgehead atoms. The van der Waals surface area contributed by atoms with Gasteiger partial charge in [0, 0.05) is 25.2 Å². The van der Waals surface area contributed by atoms with E-state index >= 15 is 0 Å². The third kappa shape index (κ3) is 3.00. The Hall–Kier alpha value is -2.25. The van der Waals surface area contributed by atoms with Crippen LogP contribution in [0.4, 0.5) is 11.4 Å². The standard InChI is InChI=1S/C17H16ClN3O/c1-12-6-7-16(20-10-12)22-13-8-9-21(11-13)17-14(18)4-3-5-15(17)19-2/h3-7,10,13H,8-9,11H2,1H3/t13-/m1/s1. The number of halogens is 1. The smallest absolute Gasteiger partial charge is 0.213 e. The van der Waals surface area contributed by atoms with Crippen LogP contribution in [0.15, 0.2) is 36.5 Å². The highest BCUT2D eigenvalue weighted by molar-refractivity contribution is 6.34. The highest BCUT2D eigenvalue weighted by atomic mass is 35.5. The van der Waals surface area contributed by atoms with Crippen LogP contribution in [0, 0.1) is 13.5 Å². The third-order valence-electron chi connectivity index (χ3n) is 3.72. The Balaban J connectivity index is 1.73. The molecule has 2 heterocycles.